The van der Waals surface area contributed by atoms with Gasteiger partial charge in [-0.1, -0.05) is 75.7 Å². The van der Waals surface area contributed by atoms with Gasteiger partial charge in [0.2, 0.25) is 0 Å². The van der Waals surface area contributed by atoms with E-state index in [-0.39, 0.29) is 25.1 Å². The van der Waals surface area contributed by atoms with Crippen LogP contribution in [0.2, 0.25) is 30.1 Å². The number of pyridine rings is 1. The highest BCUT2D eigenvalue weighted by atomic mass is 35.5. The first-order chi connectivity index (χ1) is 11.8. The summed E-state index contributed by atoms with van der Waals surface area (Å²) in [6.45, 7) is 0. The molecule has 1 nitrogen and oxygen atoms in total. The molecule has 128 valence electrons. The maximum Gasteiger partial charge on any atom is 0.142 e. The Labute approximate surface area is 173 Å². The van der Waals surface area contributed by atoms with E-state index < -0.39 is 5.82 Å². The van der Waals surface area contributed by atoms with E-state index in [4.69, 9.17) is 69.6 Å². The van der Waals surface area contributed by atoms with Crippen molar-refractivity contribution in [3.63, 3.8) is 0 Å². The van der Waals surface area contributed by atoms with Crippen LogP contribution < -0.4 is 0 Å². The molecule has 0 amide bonds. The van der Waals surface area contributed by atoms with E-state index in [1.807, 2.05) is 0 Å². The van der Waals surface area contributed by atoms with Crippen LogP contribution in [-0.2, 0) is 0 Å². The molecule has 25 heavy (non-hydrogen) atoms. The second-order valence-electron chi connectivity index (χ2n) is 5.00. The second kappa shape index (κ2) is 7.48. The van der Waals surface area contributed by atoms with E-state index >= 15 is 0 Å². The molecule has 0 spiro atoms. The van der Waals surface area contributed by atoms with Crippen molar-refractivity contribution >= 4 is 69.6 Å². The Morgan fingerprint density at radius 3 is 1.76 bits per heavy atom. The zero-order valence-electron chi connectivity index (χ0n) is 12.1. The third-order valence-electron chi connectivity index (χ3n) is 3.47. The molecule has 0 N–H and O–H groups in total. The zero-order chi connectivity index (χ0) is 18.3. The lowest BCUT2D eigenvalue weighted by Crippen LogP contribution is -1.94. The highest BCUT2D eigenvalue weighted by molar-refractivity contribution is 6.50. The van der Waals surface area contributed by atoms with Crippen molar-refractivity contribution in [2.45, 2.75) is 0 Å². The van der Waals surface area contributed by atoms with E-state index in [1.165, 1.54) is 6.07 Å². The summed E-state index contributed by atoms with van der Waals surface area (Å²) in [5.41, 5.74) is 1.71. The number of aromatic nitrogens is 1. The van der Waals surface area contributed by atoms with Crippen LogP contribution >= 0.6 is 69.6 Å². The molecule has 1 heterocycles. The lowest BCUT2D eigenvalue weighted by Gasteiger charge is -2.14. The highest BCUT2D eigenvalue weighted by Gasteiger charge is 2.19. The van der Waals surface area contributed by atoms with Crippen molar-refractivity contribution < 1.29 is 4.39 Å². The molecule has 2 aromatic carbocycles. The van der Waals surface area contributed by atoms with Crippen LogP contribution in [0.15, 0.2) is 36.5 Å². The van der Waals surface area contributed by atoms with Crippen molar-refractivity contribution in [3.05, 3.63) is 72.5 Å². The lowest BCUT2D eigenvalue weighted by atomic mass is 9.99. The fourth-order valence-electron chi connectivity index (χ4n) is 2.30. The number of hydrogen-bond acceptors (Lipinski definition) is 1. The molecule has 0 saturated carbocycles. The third kappa shape index (κ3) is 3.57. The van der Waals surface area contributed by atoms with Crippen LogP contribution in [-0.4, -0.2) is 4.98 Å². The van der Waals surface area contributed by atoms with Gasteiger partial charge in [0.25, 0.3) is 0 Å². The average Bonchev–Trinajstić information content (AvgIpc) is 2.58. The highest BCUT2D eigenvalue weighted by Crippen LogP contribution is 2.44. The van der Waals surface area contributed by atoms with Crippen LogP contribution in [0.5, 0.6) is 0 Å². The molecule has 0 saturated heterocycles. The predicted octanol–water partition coefficient (Wildman–Crippen LogP) is 8.48. The maximum absolute atomic E-state index is 13.9. The minimum atomic E-state index is -0.544. The fraction of sp³-hybridized carbons (Fsp3) is 0. The molecular weight excluding hydrogens is 450 g/mol. The van der Waals surface area contributed by atoms with Gasteiger partial charge < -0.3 is 0 Å². The van der Waals surface area contributed by atoms with Crippen LogP contribution in [0.25, 0.3) is 22.4 Å². The third-order valence-corrected chi connectivity index (χ3v) is 6.06. The molecular formula is C17H6Cl6FN. The van der Waals surface area contributed by atoms with E-state index in [0.29, 0.717) is 27.4 Å². The molecule has 0 aliphatic rings. The van der Waals surface area contributed by atoms with Crippen LogP contribution in [0, 0.1) is 5.82 Å². The van der Waals surface area contributed by atoms with Crippen LogP contribution in [0.1, 0.15) is 0 Å². The molecule has 0 aliphatic carbocycles. The first-order valence-corrected chi connectivity index (χ1v) is 9.01. The molecule has 3 aromatic rings. The van der Waals surface area contributed by atoms with E-state index in [9.17, 15) is 4.39 Å². The monoisotopic (exact) mass is 453 g/mol. The first kappa shape index (κ1) is 19.0. The fourth-order valence-corrected chi connectivity index (χ4v) is 3.56. The van der Waals surface area contributed by atoms with Gasteiger partial charge in [0.05, 0.1) is 42.0 Å². The van der Waals surface area contributed by atoms with Gasteiger partial charge in [-0.05, 0) is 24.3 Å². The average molecular weight is 456 g/mol. The Kier molecular flexibility index (Phi) is 5.69. The normalized spacial score (nSPS) is 11.0. The lowest BCUT2D eigenvalue weighted by molar-refractivity contribution is 0.622. The quantitative estimate of drug-likeness (QED) is 0.353. The Bertz CT molecular complexity index is 989. The Morgan fingerprint density at radius 1 is 0.640 bits per heavy atom. The molecule has 0 atom stereocenters. The number of halogens is 7. The van der Waals surface area contributed by atoms with Crippen molar-refractivity contribution in [2.75, 3.05) is 0 Å². The summed E-state index contributed by atoms with van der Waals surface area (Å²) in [4.78, 5) is 4.15. The topological polar surface area (TPSA) is 12.9 Å². The smallest absolute Gasteiger partial charge is 0.142 e. The largest absolute Gasteiger partial charge is 0.252 e. The van der Waals surface area contributed by atoms with E-state index in [1.54, 1.807) is 24.3 Å². The summed E-state index contributed by atoms with van der Waals surface area (Å²) in [6, 6.07) is 7.70. The van der Waals surface area contributed by atoms with Gasteiger partial charge in [-0.3, -0.25) is 4.98 Å². The summed E-state index contributed by atoms with van der Waals surface area (Å²) in [6.07, 6.45) is 1.07. The van der Waals surface area contributed by atoms with Crippen molar-refractivity contribution in [1.29, 1.82) is 0 Å². The second-order valence-corrected chi connectivity index (χ2v) is 7.32. The maximum atomic E-state index is 13.9. The molecule has 0 unspecified atom stereocenters. The van der Waals surface area contributed by atoms with Crippen molar-refractivity contribution in [1.82, 2.24) is 4.98 Å². The summed E-state index contributed by atoms with van der Waals surface area (Å²) in [5, 5.41) is 1.31. The molecule has 8 heteroatoms. The molecule has 0 fully saturated rings. The van der Waals surface area contributed by atoms with Gasteiger partial charge >= 0.3 is 0 Å². The number of hydrogen-bond donors (Lipinski definition) is 0. The number of rotatable bonds is 2. The number of benzene rings is 2. The van der Waals surface area contributed by atoms with Crippen molar-refractivity contribution in [2.24, 2.45) is 0 Å². The number of nitrogens with zero attached hydrogens (tertiary/aromatic N) is 1. The van der Waals surface area contributed by atoms with Gasteiger partial charge in [-0.2, -0.15) is 0 Å². The Balaban J connectivity index is 2.32. The molecule has 1 aromatic heterocycles. The minimum absolute atomic E-state index is 0.163. The summed E-state index contributed by atoms with van der Waals surface area (Å²) < 4.78 is 13.9. The van der Waals surface area contributed by atoms with E-state index in [0.717, 1.165) is 6.20 Å². The summed E-state index contributed by atoms with van der Waals surface area (Å²) in [5.74, 6) is -0.544. The molecule has 0 radical (unpaired) electrons. The molecule has 3 rings (SSSR count). The van der Waals surface area contributed by atoms with Crippen molar-refractivity contribution in [3.8, 4) is 22.4 Å². The molecule has 0 bridgehead atoms. The molecule has 0 aliphatic heterocycles. The van der Waals surface area contributed by atoms with Gasteiger partial charge in [-0.25, -0.2) is 4.39 Å². The summed E-state index contributed by atoms with van der Waals surface area (Å²) in [7, 11) is 0. The van der Waals surface area contributed by atoms with Gasteiger partial charge in [0, 0.05) is 16.7 Å². The van der Waals surface area contributed by atoms with Crippen LogP contribution in [0.4, 0.5) is 4.39 Å². The summed E-state index contributed by atoms with van der Waals surface area (Å²) >= 11 is 36.7. The van der Waals surface area contributed by atoms with Gasteiger partial charge in [0.1, 0.15) is 5.82 Å². The predicted molar refractivity (Wildman–Crippen MR) is 105 cm³/mol. The zero-order valence-corrected chi connectivity index (χ0v) is 16.6. The SMILES string of the molecule is Fc1cnc(-c2ccc(Cl)c(Cl)c2Cl)c(-c2ccc(Cl)c(Cl)c2Cl)c1. The van der Waals surface area contributed by atoms with Gasteiger partial charge in [0.15, 0.2) is 0 Å². The standard InChI is InChI=1S/C17H6Cl6FN/c18-11-3-1-8(13(20)15(11)22)10-5-7(24)6-25-17(10)9-2-4-12(19)16(23)14(9)21/h1-6H. The Hall–Kier alpha value is -0.740. The Morgan fingerprint density at radius 2 is 1.16 bits per heavy atom. The van der Waals surface area contributed by atoms with E-state index in [2.05, 4.69) is 4.98 Å². The van der Waals surface area contributed by atoms with Crippen LogP contribution in [0.3, 0.4) is 0 Å². The minimum Gasteiger partial charge on any atom is -0.252 e. The van der Waals surface area contributed by atoms with Gasteiger partial charge in [-0.15, -0.1) is 0 Å². The first-order valence-electron chi connectivity index (χ1n) is 6.74.